The first kappa shape index (κ1) is 9.82. The average Bonchev–Trinajstić information content (AvgIpc) is 2.93. The number of carbonyl (C=O) groups is 2. The summed E-state index contributed by atoms with van der Waals surface area (Å²) in [4.78, 5) is 21.3. The average molecular weight is 208 g/mol. The van der Waals surface area contributed by atoms with Crippen LogP contribution in [0, 0.1) is 0 Å². The lowest BCUT2D eigenvalue weighted by molar-refractivity contribution is -0.193. The third kappa shape index (κ3) is 1.51. The number of rotatable bonds is 3. The van der Waals surface area contributed by atoms with Crippen LogP contribution in [0.15, 0.2) is 18.2 Å². The zero-order chi connectivity index (χ0) is 11.2. The second kappa shape index (κ2) is 2.88. The van der Waals surface area contributed by atoms with Crippen LogP contribution in [0.5, 0.6) is 0 Å². The minimum atomic E-state index is -2.94. The van der Waals surface area contributed by atoms with Crippen molar-refractivity contribution in [1.82, 2.24) is 0 Å². The topological polar surface area (TPSA) is 94.8 Å². The lowest BCUT2D eigenvalue weighted by Gasteiger charge is -2.17. The van der Waals surface area contributed by atoms with E-state index in [0.717, 1.165) is 17.5 Å². The molecular weight excluding hydrogens is 200 g/mol. The van der Waals surface area contributed by atoms with Gasteiger partial charge in [0.25, 0.3) is 5.79 Å². The molecule has 0 saturated heterocycles. The number of ketones is 1. The summed E-state index contributed by atoms with van der Waals surface area (Å²) < 4.78 is 0. The van der Waals surface area contributed by atoms with Gasteiger partial charge in [-0.1, -0.05) is 12.1 Å². The van der Waals surface area contributed by atoms with E-state index >= 15 is 0 Å². The molecule has 0 aromatic heterocycles. The molecule has 0 bridgehead atoms. The van der Waals surface area contributed by atoms with Crippen molar-refractivity contribution >= 4 is 11.8 Å². The molecule has 15 heavy (non-hydrogen) atoms. The summed E-state index contributed by atoms with van der Waals surface area (Å²) in [7, 11) is 0. The van der Waals surface area contributed by atoms with E-state index < -0.39 is 17.5 Å². The Morgan fingerprint density at radius 2 is 1.87 bits per heavy atom. The third-order valence-corrected chi connectivity index (χ3v) is 2.38. The highest BCUT2D eigenvalue weighted by Gasteiger charge is 2.41. The molecule has 5 heteroatoms. The van der Waals surface area contributed by atoms with Crippen LogP contribution in [0.3, 0.4) is 0 Å². The molecule has 1 aromatic carbocycles. The number of carboxylic acids is 1. The maximum Gasteiger partial charge on any atom is 0.378 e. The Bertz CT molecular complexity index is 461. The van der Waals surface area contributed by atoms with Gasteiger partial charge in [-0.15, -0.1) is 0 Å². The smallest absolute Gasteiger partial charge is 0.378 e. The van der Waals surface area contributed by atoms with Gasteiger partial charge in [-0.25, -0.2) is 4.79 Å². The Hall–Kier alpha value is -1.72. The highest BCUT2D eigenvalue weighted by atomic mass is 16.5. The molecule has 78 valence electrons. The van der Waals surface area contributed by atoms with Gasteiger partial charge in [0.05, 0.1) is 0 Å². The summed E-state index contributed by atoms with van der Waals surface area (Å²) in [6.07, 6.45) is 0.747. The van der Waals surface area contributed by atoms with Gasteiger partial charge >= 0.3 is 11.8 Å². The van der Waals surface area contributed by atoms with E-state index in [1.165, 1.54) is 12.1 Å². The maximum atomic E-state index is 11.0. The van der Waals surface area contributed by atoms with Crippen molar-refractivity contribution in [3.05, 3.63) is 34.9 Å². The maximum absolute atomic E-state index is 11.0. The van der Waals surface area contributed by atoms with Crippen molar-refractivity contribution in [3.8, 4) is 0 Å². The van der Waals surface area contributed by atoms with Crippen molar-refractivity contribution in [2.24, 2.45) is 0 Å². The standard InChI is InChI=1S/C10H8O5/c11-8(9(12)13)10(14,15)7-2-1-5-3-6(5)4-7/h1-2,4,14-15H,3H2,(H,12,13). The van der Waals surface area contributed by atoms with Crippen LogP contribution in [-0.2, 0) is 21.8 Å². The first-order valence-electron chi connectivity index (χ1n) is 4.27. The summed E-state index contributed by atoms with van der Waals surface area (Å²) in [5, 5.41) is 27.2. The lowest BCUT2D eigenvalue weighted by atomic mass is 10.0. The number of fused-ring (bicyclic) bond motifs is 1. The molecule has 0 amide bonds. The number of benzene rings is 1. The van der Waals surface area contributed by atoms with Gasteiger partial charge < -0.3 is 15.3 Å². The van der Waals surface area contributed by atoms with E-state index in [2.05, 4.69) is 0 Å². The normalized spacial score (nSPS) is 13.2. The molecule has 1 aromatic rings. The zero-order valence-electron chi connectivity index (χ0n) is 7.60. The van der Waals surface area contributed by atoms with Crippen molar-refractivity contribution in [2.75, 3.05) is 0 Å². The number of aliphatic hydroxyl groups is 2. The molecule has 0 fully saturated rings. The monoisotopic (exact) mass is 208 g/mol. The van der Waals surface area contributed by atoms with E-state index in [1.807, 2.05) is 0 Å². The second-order valence-corrected chi connectivity index (χ2v) is 3.47. The number of carboxylic acid groups (broad SMARTS) is 1. The van der Waals surface area contributed by atoms with Crippen LogP contribution in [0.25, 0.3) is 0 Å². The fourth-order valence-electron chi connectivity index (χ4n) is 1.39. The van der Waals surface area contributed by atoms with Gasteiger partial charge in [-0.2, -0.15) is 0 Å². The molecule has 0 radical (unpaired) electrons. The van der Waals surface area contributed by atoms with E-state index in [1.54, 1.807) is 6.07 Å². The highest BCUT2D eigenvalue weighted by molar-refractivity contribution is 6.35. The third-order valence-electron chi connectivity index (χ3n) is 2.38. The van der Waals surface area contributed by atoms with Crippen LogP contribution in [0.1, 0.15) is 16.7 Å². The van der Waals surface area contributed by atoms with Crippen LogP contribution in [0.4, 0.5) is 0 Å². The van der Waals surface area contributed by atoms with Crippen molar-refractivity contribution in [3.63, 3.8) is 0 Å². The van der Waals surface area contributed by atoms with Crippen LogP contribution < -0.4 is 0 Å². The fraction of sp³-hybridized carbons (Fsp3) is 0.200. The molecule has 5 nitrogen and oxygen atoms in total. The second-order valence-electron chi connectivity index (χ2n) is 3.47. The minimum Gasteiger partial charge on any atom is -0.475 e. The first-order valence-corrected chi connectivity index (χ1v) is 4.27. The van der Waals surface area contributed by atoms with Crippen LogP contribution in [-0.4, -0.2) is 27.1 Å². The molecule has 2 rings (SSSR count). The molecule has 0 aliphatic heterocycles. The van der Waals surface area contributed by atoms with E-state index in [9.17, 15) is 19.8 Å². The molecule has 3 N–H and O–H groups in total. The SMILES string of the molecule is O=C(O)C(=O)C(O)(O)c1ccc2c(c1)C2. The predicted molar refractivity (Wildman–Crippen MR) is 48.0 cm³/mol. The quantitative estimate of drug-likeness (QED) is 0.461. The van der Waals surface area contributed by atoms with Crippen LogP contribution >= 0.6 is 0 Å². The first-order chi connectivity index (χ1) is 6.93. The predicted octanol–water partition coefficient (Wildman–Crippen LogP) is -0.618. The van der Waals surface area contributed by atoms with Gasteiger partial charge in [-0.05, 0) is 23.6 Å². The number of aliphatic carboxylic acids is 1. The number of hydrogen-bond donors (Lipinski definition) is 3. The van der Waals surface area contributed by atoms with Gasteiger partial charge in [0.1, 0.15) is 0 Å². The summed E-state index contributed by atoms with van der Waals surface area (Å²) >= 11 is 0. The number of hydrogen-bond acceptors (Lipinski definition) is 4. The molecule has 0 heterocycles. The summed E-state index contributed by atoms with van der Waals surface area (Å²) in [6, 6.07) is 4.41. The Labute approximate surface area is 84.6 Å². The van der Waals surface area contributed by atoms with Crippen LogP contribution in [0.2, 0.25) is 0 Å². The Balaban J connectivity index is 2.37. The van der Waals surface area contributed by atoms with Crippen molar-refractivity contribution < 1.29 is 24.9 Å². The molecule has 1 aliphatic rings. The summed E-state index contributed by atoms with van der Waals surface area (Å²) in [5.74, 6) is -6.46. The van der Waals surface area contributed by atoms with Gasteiger partial charge in [0.15, 0.2) is 0 Å². The molecule has 0 spiro atoms. The van der Waals surface area contributed by atoms with Gasteiger partial charge in [0, 0.05) is 5.56 Å². The Kier molecular flexibility index (Phi) is 1.89. The van der Waals surface area contributed by atoms with E-state index in [0.29, 0.717) is 0 Å². The Morgan fingerprint density at radius 3 is 2.40 bits per heavy atom. The summed E-state index contributed by atoms with van der Waals surface area (Å²) in [6.45, 7) is 0. The zero-order valence-corrected chi connectivity index (χ0v) is 7.60. The summed E-state index contributed by atoms with van der Waals surface area (Å²) in [5.41, 5.74) is 1.86. The van der Waals surface area contributed by atoms with E-state index in [-0.39, 0.29) is 5.56 Å². The van der Waals surface area contributed by atoms with Gasteiger partial charge in [-0.3, -0.25) is 4.79 Å². The largest absolute Gasteiger partial charge is 0.475 e. The molecular formula is C10H8O5. The molecule has 0 unspecified atom stereocenters. The van der Waals surface area contributed by atoms with E-state index in [4.69, 9.17) is 5.11 Å². The highest BCUT2D eigenvalue weighted by Crippen LogP contribution is 2.31. The molecule has 0 atom stereocenters. The minimum absolute atomic E-state index is 0.105. The lowest BCUT2D eigenvalue weighted by Crippen LogP contribution is -2.40. The molecule has 1 aliphatic carbocycles. The van der Waals surface area contributed by atoms with Crippen molar-refractivity contribution in [2.45, 2.75) is 12.2 Å². The van der Waals surface area contributed by atoms with Crippen molar-refractivity contribution in [1.29, 1.82) is 0 Å². The number of carbonyl (C=O) groups excluding carboxylic acids is 1. The fourth-order valence-corrected chi connectivity index (χ4v) is 1.39. The molecule has 0 saturated carbocycles. The number of Topliss-reactive ketones (excluding diaryl/α,β-unsaturated/α-hetero) is 1. The van der Waals surface area contributed by atoms with Gasteiger partial charge in [0.2, 0.25) is 0 Å². The Morgan fingerprint density at radius 1 is 1.20 bits per heavy atom.